The summed E-state index contributed by atoms with van der Waals surface area (Å²) in [6, 6.07) is 9.32. The van der Waals surface area contributed by atoms with Crippen molar-refractivity contribution in [3.05, 3.63) is 48.7 Å². The van der Waals surface area contributed by atoms with Gasteiger partial charge < -0.3 is 5.32 Å². The number of rotatable bonds is 4. The van der Waals surface area contributed by atoms with Crippen LogP contribution in [0.15, 0.2) is 48.7 Å². The Labute approximate surface area is 156 Å². The number of nitrogens with one attached hydrogen (secondary N) is 1. The number of anilines is 1. The molecule has 2 aromatic rings. The number of aromatic nitrogens is 1. The molecule has 1 aromatic heterocycles. The second kappa shape index (κ2) is 6.01. The van der Waals surface area contributed by atoms with Crippen molar-refractivity contribution in [1.82, 2.24) is 9.88 Å². The van der Waals surface area contributed by atoms with Crippen LogP contribution in [0.25, 0.3) is 10.9 Å². The number of allylic oxidation sites excluding steroid dienone is 2. The Hall–Kier alpha value is -3.02. The minimum Gasteiger partial charge on any atom is -0.325 e. The molecule has 1 saturated carbocycles. The maximum absolute atomic E-state index is 12.7. The molecule has 3 aliphatic rings. The summed E-state index contributed by atoms with van der Waals surface area (Å²) in [5.74, 6) is -0.463. The molecule has 4 atom stereocenters. The third-order valence-corrected chi connectivity index (χ3v) is 6.05. The van der Waals surface area contributed by atoms with Crippen LogP contribution in [-0.2, 0) is 14.4 Å². The molecule has 1 aliphatic heterocycles. The highest BCUT2D eigenvalue weighted by Crippen LogP contribution is 2.52. The van der Waals surface area contributed by atoms with Crippen LogP contribution < -0.4 is 5.32 Å². The number of hydrogen-bond donors (Lipinski definition) is 1. The molecule has 2 aliphatic carbocycles. The highest BCUT2D eigenvalue weighted by Gasteiger charge is 2.58. The molecule has 5 rings (SSSR count). The van der Waals surface area contributed by atoms with E-state index < -0.39 is 0 Å². The number of nitrogens with zero attached hydrogens (tertiary/aromatic N) is 2. The van der Waals surface area contributed by atoms with Crippen LogP contribution in [0.3, 0.4) is 0 Å². The van der Waals surface area contributed by atoms with Crippen LogP contribution in [0.5, 0.6) is 0 Å². The maximum atomic E-state index is 12.7. The molecule has 2 bridgehead atoms. The zero-order valence-electron chi connectivity index (χ0n) is 14.7. The van der Waals surface area contributed by atoms with Crippen molar-refractivity contribution in [3.63, 3.8) is 0 Å². The van der Waals surface area contributed by atoms with Gasteiger partial charge in [0.25, 0.3) is 0 Å². The predicted molar refractivity (Wildman–Crippen MR) is 99.4 cm³/mol. The molecule has 1 N–H and O–H groups in total. The van der Waals surface area contributed by atoms with E-state index in [1.54, 1.807) is 12.3 Å². The van der Waals surface area contributed by atoms with Gasteiger partial charge in [-0.25, -0.2) is 0 Å². The van der Waals surface area contributed by atoms with Crippen LogP contribution in [0.4, 0.5) is 5.69 Å². The first-order valence-corrected chi connectivity index (χ1v) is 9.30. The summed E-state index contributed by atoms with van der Waals surface area (Å²) >= 11 is 0. The fourth-order valence-electron chi connectivity index (χ4n) is 4.82. The van der Waals surface area contributed by atoms with Crippen LogP contribution in [-0.4, -0.2) is 34.2 Å². The number of hydrogen-bond acceptors (Lipinski definition) is 4. The number of benzene rings is 1. The Balaban J connectivity index is 1.26. The van der Waals surface area contributed by atoms with E-state index in [2.05, 4.69) is 22.5 Å². The summed E-state index contributed by atoms with van der Waals surface area (Å²) in [6.45, 7) is 0.138. The Morgan fingerprint density at radius 2 is 1.78 bits per heavy atom. The van der Waals surface area contributed by atoms with E-state index in [1.165, 1.54) is 4.90 Å². The summed E-state index contributed by atoms with van der Waals surface area (Å²) in [6.07, 6.45) is 6.80. The summed E-state index contributed by atoms with van der Waals surface area (Å²) in [5.41, 5.74) is 1.49. The number of carbonyl (C=O) groups excluding carboxylic acids is 3. The number of amides is 3. The summed E-state index contributed by atoms with van der Waals surface area (Å²) in [4.78, 5) is 43.3. The van der Waals surface area contributed by atoms with E-state index in [0.29, 0.717) is 5.69 Å². The summed E-state index contributed by atoms with van der Waals surface area (Å²) < 4.78 is 0. The minimum absolute atomic E-state index is 0.0936. The normalized spacial score (nSPS) is 28.2. The first-order chi connectivity index (χ1) is 13.1. The Bertz CT molecular complexity index is 964. The molecule has 6 heteroatoms. The van der Waals surface area contributed by atoms with Crippen LogP contribution in [0.2, 0.25) is 0 Å². The number of pyridine rings is 1. The van der Waals surface area contributed by atoms with Gasteiger partial charge >= 0.3 is 0 Å². The molecule has 0 radical (unpaired) electrons. The van der Waals surface area contributed by atoms with Crippen molar-refractivity contribution < 1.29 is 14.4 Å². The van der Waals surface area contributed by atoms with Gasteiger partial charge in [-0.2, -0.15) is 0 Å². The van der Waals surface area contributed by atoms with Crippen molar-refractivity contribution >= 4 is 34.3 Å². The molecule has 6 nitrogen and oxygen atoms in total. The standard InChI is InChI=1S/C21H19N3O3/c25-17(23-16-7-9-22-15-4-2-1-3-14(15)16)8-10-24-20(26)18-12-5-6-13(11-12)19(18)21(24)27/h1-7,9,12-13,18-19H,8,10-11H2,(H,22,23,25). The molecular formula is C21H19N3O3. The van der Waals surface area contributed by atoms with Gasteiger partial charge in [0.2, 0.25) is 17.7 Å². The second-order valence-corrected chi connectivity index (χ2v) is 7.50. The lowest BCUT2D eigenvalue weighted by Crippen LogP contribution is -2.35. The number of carbonyl (C=O) groups is 3. The van der Waals surface area contributed by atoms with Gasteiger partial charge in [-0.05, 0) is 30.4 Å². The Kier molecular flexibility index (Phi) is 3.60. The second-order valence-electron chi connectivity index (χ2n) is 7.50. The van der Waals surface area contributed by atoms with E-state index >= 15 is 0 Å². The lowest BCUT2D eigenvalue weighted by Gasteiger charge is -2.17. The van der Waals surface area contributed by atoms with Crippen LogP contribution >= 0.6 is 0 Å². The fraction of sp³-hybridized carbons (Fsp3) is 0.333. The lowest BCUT2D eigenvalue weighted by molar-refractivity contribution is -0.140. The molecule has 136 valence electrons. The first kappa shape index (κ1) is 16.2. The average molecular weight is 361 g/mol. The third kappa shape index (κ3) is 2.47. The van der Waals surface area contributed by atoms with Crippen LogP contribution in [0.1, 0.15) is 12.8 Å². The SMILES string of the molecule is O=C(CCN1C(=O)C2C3C=CC(C3)C2C1=O)Nc1ccnc2ccccc12. The number of likely N-dealkylation sites (tertiary alicyclic amines) is 1. The molecule has 27 heavy (non-hydrogen) atoms. The Morgan fingerprint density at radius 1 is 1.07 bits per heavy atom. The van der Waals surface area contributed by atoms with Gasteiger partial charge in [-0.1, -0.05) is 30.4 Å². The molecule has 2 heterocycles. The summed E-state index contributed by atoms with van der Waals surface area (Å²) in [7, 11) is 0. The van der Waals surface area contributed by atoms with E-state index in [0.717, 1.165) is 17.3 Å². The number of para-hydroxylation sites is 1. The highest BCUT2D eigenvalue weighted by molar-refractivity contribution is 6.07. The van der Waals surface area contributed by atoms with Gasteiger partial charge in [-0.3, -0.25) is 24.3 Å². The first-order valence-electron chi connectivity index (χ1n) is 9.30. The topological polar surface area (TPSA) is 79.4 Å². The molecule has 1 aromatic carbocycles. The van der Waals surface area contributed by atoms with E-state index in [4.69, 9.17) is 0 Å². The van der Waals surface area contributed by atoms with Crippen molar-refractivity contribution in [3.8, 4) is 0 Å². The maximum Gasteiger partial charge on any atom is 0.233 e. The zero-order chi connectivity index (χ0) is 18.5. The molecule has 1 saturated heterocycles. The number of imide groups is 1. The zero-order valence-corrected chi connectivity index (χ0v) is 14.7. The van der Waals surface area contributed by atoms with Crippen molar-refractivity contribution in [2.75, 3.05) is 11.9 Å². The molecule has 2 fully saturated rings. The van der Waals surface area contributed by atoms with Gasteiger partial charge in [0.05, 0.1) is 23.0 Å². The van der Waals surface area contributed by atoms with Crippen LogP contribution in [0, 0.1) is 23.7 Å². The lowest BCUT2D eigenvalue weighted by atomic mass is 9.85. The van der Waals surface area contributed by atoms with Crippen molar-refractivity contribution in [2.24, 2.45) is 23.7 Å². The smallest absolute Gasteiger partial charge is 0.233 e. The van der Waals surface area contributed by atoms with Crippen molar-refractivity contribution in [1.29, 1.82) is 0 Å². The number of fused-ring (bicyclic) bond motifs is 6. The van der Waals surface area contributed by atoms with Gasteiger partial charge in [0.1, 0.15) is 0 Å². The fourth-order valence-corrected chi connectivity index (χ4v) is 4.82. The Morgan fingerprint density at radius 3 is 2.52 bits per heavy atom. The molecule has 4 unspecified atom stereocenters. The quantitative estimate of drug-likeness (QED) is 0.670. The van der Waals surface area contributed by atoms with Crippen molar-refractivity contribution in [2.45, 2.75) is 12.8 Å². The minimum atomic E-state index is -0.217. The molecule has 3 amide bonds. The third-order valence-electron chi connectivity index (χ3n) is 6.05. The molecule has 0 spiro atoms. The van der Waals surface area contributed by atoms with Gasteiger partial charge in [-0.15, -0.1) is 0 Å². The monoisotopic (exact) mass is 361 g/mol. The largest absolute Gasteiger partial charge is 0.325 e. The highest BCUT2D eigenvalue weighted by atomic mass is 16.2. The van der Waals surface area contributed by atoms with Gasteiger partial charge in [0.15, 0.2) is 0 Å². The molecular weight excluding hydrogens is 342 g/mol. The average Bonchev–Trinajstić information content (AvgIpc) is 3.35. The van der Waals surface area contributed by atoms with E-state index in [-0.39, 0.29) is 54.4 Å². The van der Waals surface area contributed by atoms with Gasteiger partial charge in [0, 0.05) is 24.5 Å². The van der Waals surface area contributed by atoms with E-state index in [1.807, 2.05) is 24.3 Å². The summed E-state index contributed by atoms with van der Waals surface area (Å²) in [5, 5.41) is 3.74. The predicted octanol–water partition coefficient (Wildman–Crippen LogP) is 2.37. The van der Waals surface area contributed by atoms with E-state index in [9.17, 15) is 14.4 Å².